The molecule has 0 unspecified atom stereocenters. The van der Waals surface area contributed by atoms with Crippen molar-refractivity contribution in [3.8, 4) is 0 Å². The zero-order valence-electron chi connectivity index (χ0n) is 10.6. The van der Waals surface area contributed by atoms with E-state index in [9.17, 15) is 0 Å². The highest BCUT2D eigenvalue weighted by Crippen LogP contribution is 2.20. The predicted molar refractivity (Wildman–Crippen MR) is 87.1 cm³/mol. The maximum Gasteiger partial charge on any atom is 0.175 e. The largest absolute Gasteiger partial charge is 0.332 e. The lowest BCUT2D eigenvalue weighted by molar-refractivity contribution is 1.14. The van der Waals surface area contributed by atoms with Gasteiger partial charge in [-0.15, -0.1) is 0 Å². The average Bonchev–Trinajstić information content (AvgIpc) is 2.42. The third-order valence-corrected chi connectivity index (χ3v) is 3.28. The predicted octanol–water partition coefficient (Wildman–Crippen LogP) is 4.71. The van der Waals surface area contributed by atoms with E-state index in [1.165, 1.54) is 5.56 Å². The van der Waals surface area contributed by atoms with Crippen molar-refractivity contribution in [2.45, 2.75) is 13.3 Å². The van der Waals surface area contributed by atoms with Gasteiger partial charge >= 0.3 is 0 Å². The van der Waals surface area contributed by atoms with Crippen LogP contribution in [0.4, 0.5) is 11.4 Å². The van der Waals surface area contributed by atoms with Gasteiger partial charge in [0.1, 0.15) is 0 Å². The van der Waals surface area contributed by atoms with Gasteiger partial charge in [0.15, 0.2) is 5.11 Å². The topological polar surface area (TPSA) is 24.1 Å². The Morgan fingerprint density at radius 1 is 1.05 bits per heavy atom. The molecule has 0 atom stereocenters. The first kappa shape index (κ1) is 13.8. The van der Waals surface area contributed by atoms with Crippen molar-refractivity contribution in [1.82, 2.24) is 0 Å². The Bertz CT molecular complexity index is 567. The maximum atomic E-state index is 6.06. The molecule has 2 N–H and O–H groups in total. The second-order valence-electron chi connectivity index (χ2n) is 4.11. The second-order valence-corrected chi connectivity index (χ2v) is 4.92. The number of hydrogen-bond donors (Lipinski definition) is 2. The number of anilines is 2. The first-order valence-electron chi connectivity index (χ1n) is 6.10. The van der Waals surface area contributed by atoms with E-state index in [-0.39, 0.29) is 0 Å². The fraction of sp³-hybridized carbons (Fsp3) is 0.133. The van der Waals surface area contributed by atoms with Crippen molar-refractivity contribution in [2.75, 3.05) is 10.6 Å². The fourth-order valence-corrected chi connectivity index (χ4v) is 2.08. The minimum atomic E-state index is 0.525. The quantitative estimate of drug-likeness (QED) is 0.801. The Morgan fingerprint density at radius 2 is 1.74 bits per heavy atom. The summed E-state index contributed by atoms with van der Waals surface area (Å²) in [6.07, 6.45) is 1.03. The molecule has 0 fully saturated rings. The lowest BCUT2D eigenvalue weighted by Gasteiger charge is -2.11. The van der Waals surface area contributed by atoms with Crippen molar-refractivity contribution in [1.29, 1.82) is 0 Å². The standard InChI is InChI=1S/C15H15ClN2S/c1-2-11-7-9-12(10-8-11)17-15(19)18-14-6-4-3-5-13(14)16/h3-10H,2H2,1H3,(H2,17,18,19). The van der Waals surface area contributed by atoms with Gasteiger partial charge in [0.2, 0.25) is 0 Å². The molecule has 0 aliphatic carbocycles. The number of nitrogens with one attached hydrogen (secondary N) is 2. The molecule has 0 amide bonds. The molecule has 2 rings (SSSR count). The monoisotopic (exact) mass is 290 g/mol. The van der Waals surface area contributed by atoms with Crippen LogP contribution in [0.1, 0.15) is 12.5 Å². The lowest BCUT2D eigenvalue weighted by atomic mass is 10.1. The van der Waals surface area contributed by atoms with Crippen LogP contribution < -0.4 is 10.6 Å². The summed E-state index contributed by atoms with van der Waals surface area (Å²) in [6.45, 7) is 2.13. The summed E-state index contributed by atoms with van der Waals surface area (Å²) in [6, 6.07) is 15.7. The van der Waals surface area contributed by atoms with Crippen LogP contribution in [0.2, 0.25) is 5.02 Å². The van der Waals surface area contributed by atoms with Crippen LogP contribution in [0.15, 0.2) is 48.5 Å². The van der Waals surface area contributed by atoms with E-state index in [4.69, 9.17) is 23.8 Å². The van der Waals surface area contributed by atoms with Crippen molar-refractivity contribution in [3.05, 3.63) is 59.1 Å². The highest BCUT2D eigenvalue weighted by molar-refractivity contribution is 7.80. The molecule has 2 aromatic carbocycles. The van der Waals surface area contributed by atoms with Gasteiger partial charge in [-0.25, -0.2) is 0 Å². The number of thiocarbonyl (C=S) groups is 1. The molecular formula is C15H15ClN2S. The molecule has 0 heterocycles. The van der Waals surface area contributed by atoms with Gasteiger partial charge < -0.3 is 10.6 Å². The van der Waals surface area contributed by atoms with Crippen LogP contribution in [0.5, 0.6) is 0 Å². The summed E-state index contributed by atoms with van der Waals surface area (Å²) in [5.41, 5.74) is 3.06. The number of para-hydroxylation sites is 1. The van der Waals surface area contributed by atoms with Crippen LogP contribution >= 0.6 is 23.8 Å². The summed E-state index contributed by atoms with van der Waals surface area (Å²) in [4.78, 5) is 0. The third kappa shape index (κ3) is 3.94. The van der Waals surface area contributed by atoms with Gasteiger partial charge in [-0.1, -0.05) is 42.8 Å². The molecule has 0 radical (unpaired) electrons. The number of rotatable bonds is 3. The summed E-state index contributed by atoms with van der Waals surface area (Å²) < 4.78 is 0. The molecule has 2 nitrogen and oxygen atoms in total. The smallest absolute Gasteiger partial charge is 0.175 e. The Labute approximate surface area is 123 Å². The fourth-order valence-electron chi connectivity index (χ4n) is 1.67. The summed E-state index contributed by atoms with van der Waals surface area (Å²) in [7, 11) is 0. The molecule has 19 heavy (non-hydrogen) atoms. The minimum absolute atomic E-state index is 0.525. The summed E-state index contributed by atoms with van der Waals surface area (Å²) in [5, 5.41) is 7.38. The average molecular weight is 291 g/mol. The molecular weight excluding hydrogens is 276 g/mol. The minimum Gasteiger partial charge on any atom is -0.332 e. The SMILES string of the molecule is CCc1ccc(NC(=S)Nc2ccccc2Cl)cc1. The molecule has 0 aliphatic heterocycles. The summed E-state index contributed by atoms with van der Waals surface area (Å²) in [5.74, 6) is 0. The second kappa shape index (κ2) is 6.55. The molecule has 0 aromatic heterocycles. The van der Waals surface area contributed by atoms with Gasteiger partial charge in [-0.3, -0.25) is 0 Å². The number of halogens is 1. The van der Waals surface area contributed by atoms with Crippen molar-refractivity contribution < 1.29 is 0 Å². The molecule has 98 valence electrons. The van der Waals surface area contributed by atoms with E-state index in [1.54, 1.807) is 0 Å². The molecule has 2 aromatic rings. The molecule has 0 bridgehead atoms. The van der Waals surface area contributed by atoms with Crippen LogP contribution in [0.25, 0.3) is 0 Å². The van der Waals surface area contributed by atoms with Crippen molar-refractivity contribution in [3.63, 3.8) is 0 Å². The Morgan fingerprint density at radius 3 is 2.37 bits per heavy atom. The molecule has 0 aliphatic rings. The zero-order valence-corrected chi connectivity index (χ0v) is 12.2. The third-order valence-electron chi connectivity index (χ3n) is 2.74. The number of benzene rings is 2. The Hall–Kier alpha value is -1.58. The highest BCUT2D eigenvalue weighted by atomic mass is 35.5. The highest BCUT2D eigenvalue weighted by Gasteiger charge is 2.02. The zero-order chi connectivity index (χ0) is 13.7. The van der Waals surface area contributed by atoms with Gasteiger partial charge in [0.05, 0.1) is 10.7 Å². The normalized spacial score (nSPS) is 10.0. The van der Waals surface area contributed by atoms with Gasteiger partial charge in [-0.05, 0) is 48.5 Å². The van der Waals surface area contributed by atoms with E-state index in [0.717, 1.165) is 17.8 Å². The van der Waals surface area contributed by atoms with E-state index < -0.39 is 0 Å². The Kier molecular flexibility index (Phi) is 4.77. The number of aryl methyl sites for hydroxylation is 1. The molecule has 0 spiro atoms. The molecule has 0 saturated carbocycles. The molecule has 0 saturated heterocycles. The first-order chi connectivity index (χ1) is 9.19. The van der Waals surface area contributed by atoms with Crippen LogP contribution in [-0.2, 0) is 6.42 Å². The summed E-state index contributed by atoms with van der Waals surface area (Å²) >= 11 is 11.3. The van der Waals surface area contributed by atoms with Crippen LogP contribution in [0, 0.1) is 0 Å². The van der Waals surface area contributed by atoms with Crippen molar-refractivity contribution in [2.24, 2.45) is 0 Å². The lowest BCUT2D eigenvalue weighted by Crippen LogP contribution is -2.19. The van der Waals surface area contributed by atoms with Crippen LogP contribution in [-0.4, -0.2) is 5.11 Å². The number of hydrogen-bond acceptors (Lipinski definition) is 1. The van der Waals surface area contributed by atoms with Gasteiger partial charge in [-0.2, -0.15) is 0 Å². The van der Waals surface area contributed by atoms with Crippen molar-refractivity contribution >= 4 is 40.3 Å². The van der Waals surface area contributed by atoms with Gasteiger partial charge in [0.25, 0.3) is 0 Å². The van der Waals surface area contributed by atoms with E-state index in [1.807, 2.05) is 36.4 Å². The van der Waals surface area contributed by atoms with Gasteiger partial charge in [0, 0.05) is 5.69 Å². The van der Waals surface area contributed by atoms with Crippen LogP contribution in [0.3, 0.4) is 0 Å². The molecule has 4 heteroatoms. The maximum absolute atomic E-state index is 6.06. The first-order valence-corrected chi connectivity index (χ1v) is 6.89. The Balaban J connectivity index is 1.99. The van der Waals surface area contributed by atoms with E-state index in [0.29, 0.717) is 10.1 Å². The van der Waals surface area contributed by atoms with E-state index >= 15 is 0 Å². The van der Waals surface area contributed by atoms with E-state index in [2.05, 4.69) is 29.7 Å².